The first-order chi connectivity index (χ1) is 9.60. The number of carbonyl (C=O) groups is 1. The third-order valence-electron chi connectivity index (χ3n) is 3.22. The fourth-order valence-corrected chi connectivity index (χ4v) is 2.97. The molecule has 1 aromatic heterocycles. The number of methoxy groups -OCH3 is 1. The second-order valence-electron chi connectivity index (χ2n) is 4.74. The Bertz CT molecular complexity index is 568. The van der Waals surface area contributed by atoms with E-state index in [-0.39, 0.29) is 5.97 Å². The van der Waals surface area contributed by atoms with Crippen molar-refractivity contribution >= 4 is 17.3 Å². The van der Waals surface area contributed by atoms with E-state index >= 15 is 0 Å². The Morgan fingerprint density at radius 2 is 1.90 bits per heavy atom. The highest BCUT2D eigenvalue weighted by atomic mass is 32.1. The van der Waals surface area contributed by atoms with Crippen LogP contribution < -0.4 is 5.32 Å². The SMILES string of the molecule is COC(=O)c1ccc(CNCc2cc(C)c(C)s2)cc1. The van der Waals surface area contributed by atoms with Crippen molar-refractivity contribution < 1.29 is 9.53 Å². The number of rotatable bonds is 5. The highest BCUT2D eigenvalue weighted by Gasteiger charge is 2.04. The lowest BCUT2D eigenvalue weighted by Gasteiger charge is -2.04. The summed E-state index contributed by atoms with van der Waals surface area (Å²) < 4.78 is 4.68. The third-order valence-corrected chi connectivity index (χ3v) is 4.37. The number of nitrogens with one attached hydrogen (secondary N) is 1. The summed E-state index contributed by atoms with van der Waals surface area (Å²) in [5, 5.41) is 3.42. The van der Waals surface area contributed by atoms with E-state index in [9.17, 15) is 4.79 Å². The van der Waals surface area contributed by atoms with Gasteiger partial charge in [0.1, 0.15) is 0 Å². The Morgan fingerprint density at radius 1 is 1.20 bits per heavy atom. The van der Waals surface area contributed by atoms with Gasteiger partial charge in [-0.1, -0.05) is 12.1 Å². The van der Waals surface area contributed by atoms with E-state index in [1.807, 2.05) is 23.5 Å². The number of thiophene rings is 1. The van der Waals surface area contributed by atoms with Crippen LogP contribution in [0.25, 0.3) is 0 Å². The molecule has 0 bridgehead atoms. The summed E-state index contributed by atoms with van der Waals surface area (Å²) in [6, 6.07) is 9.71. The molecule has 1 N–H and O–H groups in total. The van der Waals surface area contributed by atoms with Gasteiger partial charge >= 0.3 is 5.97 Å². The van der Waals surface area contributed by atoms with Crippen LogP contribution in [0.3, 0.4) is 0 Å². The standard InChI is InChI=1S/C16H19NO2S/c1-11-8-15(20-12(11)2)10-17-9-13-4-6-14(7-5-13)16(18)19-3/h4-8,17H,9-10H2,1-3H3. The summed E-state index contributed by atoms with van der Waals surface area (Å²) in [6.07, 6.45) is 0. The number of hydrogen-bond acceptors (Lipinski definition) is 4. The van der Waals surface area contributed by atoms with E-state index in [0.29, 0.717) is 5.56 Å². The first-order valence-corrected chi connectivity index (χ1v) is 7.35. The fourth-order valence-electron chi connectivity index (χ4n) is 1.94. The van der Waals surface area contributed by atoms with E-state index in [2.05, 4.69) is 30.0 Å². The van der Waals surface area contributed by atoms with Gasteiger partial charge in [0.2, 0.25) is 0 Å². The average Bonchev–Trinajstić information content (AvgIpc) is 2.77. The Kier molecular flexibility index (Phi) is 4.93. The average molecular weight is 289 g/mol. The summed E-state index contributed by atoms with van der Waals surface area (Å²) in [5.41, 5.74) is 3.10. The summed E-state index contributed by atoms with van der Waals surface area (Å²) >= 11 is 1.84. The molecule has 0 saturated carbocycles. The lowest BCUT2D eigenvalue weighted by molar-refractivity contribution is 0.0600. The molecule has 4 heteroatoms. The second kappa shape index (κ2) is 6.68. The van der Waals surface area contributed by atoms with Gasteiger partial charge in [0, 0.05) is 22.8 Å². The number of aryl methyl sites for hydroxylation is 2. The summed E-state index contributed by atoms with van der Waals surface area (Å²) in [5.74, 6) is -0.297. The first-order valence-electron chi connectivity index (χ1n) is 6.54. The van der Waals surface area contributed by atoms with Crippen molar-refractivity contribution in [1.82, 2.24) is 5.32 Å². The zero-order valence-corrected chi connectivity index (χ0v) is 12.8. The molecule has 2 aromatic rings. The Hall–Kier alpha value is -1.65. The molecule has 0 saturated heterocycles. The van der Waals surface area contributed by atoms with Gasteiger partial charge in [0.15, 0.2) is 0 Å². The lowest BCUT2D eigenvalue weighted by Crippen LogP contribution is -2.12. The van der Waals surface area contributed by atoms with Crippen molar-refractivity contribution in [2.75, 3.05) is 7.11 Å². The molecule has 0 fully saturated rings. The minimum atomic E-state index is -0.297. The maximum atomic E-state index is 11.3. The molecule has 20 heavy (non-hydrogen) atoms. The van der Waals surface area contributed by atoms with E-state index < -0.39 is 0 Å². The smallest absolute Gasteiger partial charge is 0.337 e. The fraction of sp³-hybridized carbons (Fsp3) is 0.312. The van der Waals surface area contributed by atoms with Crippen molar-refractivity contribution in [3.63, 3.8) is 0 Å². The summed E-state index contributed by atoms with van der Waals surface area (Å²) in [6.45, 7) is 5.95. The molecule has 3 nitrogen and oxygen atoms in total. The normalized spacial score (nSPS) is 10.6. The van der Waals surface area contributed by atoms with Crippen LogP contribution in [-0.4, -0.2) is 13.1 Å². The molecule has 0 atom stereocenters. The molecule has 0 radical (unpaired) electrons. The van der Waals surface area contributed by atoms with E-state index in [4.69, 9.17) is 0 Å². The van der Waals surface area contributed by atoms with Gasteiger partial charge in [0.05, 0.1) is 12.7 Å². The van der Waals surface area contributed by atoms with Crippen LogP contribution in [0.1, 0.15) is 31.2 Å². The molecule has 0 aliphatic rings. The van der Waals surface area contributed by atoms with E-state index in [1.54, 1.807) is 12.1 Å². The highest BCUT2D eigenvalue weighted by Crippen LogP contribution is 2.20. The number of hydrogen-bond donors (Lipinski definition) is 1. The lowest BCUT2D eigenvalue weighted by atomic mass is 10.1. The van der Waals surface area contributed by atoms with Crippen molar-refractivity contribution in [3.8, 4) is 0 Å². The van der Waals surface area contributed by atoms with Crippen molar-refractivity contribution in [1.29, 1.82) is 0 Å². The van der Waals surface area contributed by atoms with Crippen LogP contribution in [0.4, 0.5) is 0 Å². The maximum absolute atomic E-state index is 11.3. The van der Waals surface area contributed by atoms with Gasteiger partial charge in [-0.3, -0.25) is 0 Å². The molecule has 106 valence electrons. The molecule has 2 rings (SSSR count). The van der Waals surface area contributed by atoms with Crippen molar-refractivity contribution in [2.45, 2.75) is 26.9 Å². The van der Waals surface area contributed by atoms with Crippen LogP contribution in [0.5, 0.6) is 0 Å². The van der Waals surface area contributed by atoms with E-state index in [1.165, 1.54) is 22.4 Å². The largest absolute Gasteiger partial charge is 0.465 e. The van der Waals surface area contributed by atoms with Crippen LogP contribution in [0, 0.1) is 13.8 Å². The monoisotopic (exact) mass is 289 g/mol. The van der Waals surface area contributed by atoms with Gasteiger partial charge in [-0.2, -0.15) is 0 Å². The topological polar surface area (TPSA) is 38.3 Å². The molecule has 0 amide bonds. The molecule has 1 heterocycles. The van der Waals surface area contributed by atoms with Crippen LogP contribution >= 0.6 is 11.3 Å². The van der Waals surface area contributed by atoms with Gasteiger partial charge in [0.25, 0.3) is 0 Å². The van der Waals surface area contributed by atoms with E-state index in [0.717, 1.165) is 18.7 Å². The van der Waals surface area contributed by atoms with Crippen molar-refractivity contribution in [2.24, 2.45) is 0 Å². The molecule has 0 aliphatic heterocycles. The Morgan fingerprint density at radius 3 is 2.45 bits per heavy atom. The minimum absolute atomic E-state index is 0.297. The zero-order valence-electron chi connectivity index (χ0n) is 12.0. The molecule has 0 unspecified atom stereocenters. The first kappa shape index (κ1) is 14.8. The van der Waals surface area contributed by atoms with Crippen LogP contribution in [0.2, 0.25) is 0 Å². The molecular formula is C16H19NO2S. The minimum Gasteiger partial charge on any atom is -0.465 e. The summed E-state index contributed by atoms with van der Waals surface area (Å²) in [4.78, 5) is 14.1. The molecule has 0 aliphatic carbocycles. The van der Waals surface area contributed by atoms with Crippen molar-refractivity contribution in [3.05, 3.63) is 56.8 Å². The molecule has 0 spiro atoms. The maximum Gasteiger partial charge on any atom is 0.337 e. The van der Waals surface area contributed by atoms with Gasteiger partial charge in [-0.05, 0) is 43.2 Å². The van der Waals surface area contributed by atoms with Gasteiger partial charge in [-0.25, -0.2) is 4.79 Å². The van der Waals surface area contributed by atoms with Gasteiger partial charge in [-0.15, -0.1) is 11.3 Å². The number of carbonyl (C=O) groups excluding carboxylic acids is 1. The summed E-state index contributed by atoms with van der Waals surface area (Å²) in [7, 11) is 1.39. The predicted molar refractivity (Wildman–Crippen MR) is 82.1 cm³/mol. The Labute approximate surface area is 123 Å². The molecular weight excluding hydrogens is 270 g/mol. The van der Waals surface area contributed by atoms with Crippen LogP contribution in [-0.2, 0) is 17.8 Å². The number of esters is 1. The number of benzene rings is 1. The second-order valence-corrected chi connectivity index (χ2v) is 6.08. The Balaban J connectivity index is 1.86. The zero-order chi connectivity index (χ0) is 14.5. The van der Waals surface area contributed by atoms with Crippen LogP contribution in [0.15, 0.2) is 30.3 Å². The number of ether oxygens (including phenoxy) is 1. The third kappa shape index (κ3) is 3.68. The quantitative estimate of drug-likeness (QED) is 0.857. The molecule has 1 aromatic carbocycles. The highest BCUT2D eigenvalue weighted by molar-refractivity contribution is 7.12. The van der Waals surface area contributed by atoms with Gasteiger partial charge < -0.3 is 10.1 Å². The predicted octanol–water partition coefficient (Wildman–Crippen LogP) is 3.44.